The van der Waals surface area contributed by atoms with Crippen LogP contribution in [0.2, 0.25) is 0 Å². The maximum atomic E-state index is 8.97. The van der Waals surface area contributed by atoms with E-state index in [0.29, 0.717) is 37.6 Å². The molecule has 52 heavy (non-hydrogen) atoms. The van der Waals surface area contributed by atoms with Crippen molar-refractivity contribution in [2.75, 3.05) is 26.4 Å². The Kier molecular flexibility index (Phi) is 15.5. The number of nitrogens with zero attached hydrogens (tertiary/aromatic N) is 2. The third-order valence-corrected chi connectivity index (χ3v) is 8.86. The van der Waals surface area contributed by atoms with Gasteiger partial charge in [-0.15, -0.1) is 0 Å². The predicted molar refractivity (Wildman–Crippen MR) is 208 cm³/mol. The number of benzene rings is 5. The molecule has 6 heteroatoms. The topological polar surface area (TPSA) is 84.5 Å². The van der Waals surface area contributed by atoms with Crippen LogP contribution in [-0.2, 0) is 0 Å². The van der Waals surface area contributed by atoms with Gasteiger partial charge in [0.15, 0.2) is 0 Å². The molecule has 0 heterocycles. The van der Waals surface area contributed by atoms with Crippen molar-refractivity contribution in [3.63, 3.8) is 0 Å². The molecule has 5 rings (SSSR count). The number of unbranched alkanes of at least 4 members (excludes halogenated alkanes) is 8. The van der Waals surface area contributed by atoms with E-state index >= 15 is 0 Å². The van der Waals surface area contributed by atoms with Crippen LogP contribution in [0.15, 0.2) is 121 Å². The van der Waals surface area contributed by atoms with Gasteiger partial charge in [0.05, 0.1) is 49.7 Å². The van der Waals surface area contributed by atoms with Gasteiger partial charge in [0.25, 0.3) is 0 Å². The fraction of sp³-hybridized carbons (Fsp3) is 0.304. The molecule has 0 N–H and O–H groups in total. The SMILES string of the molecule is N#Cc1ccc(-c2ccc(OCCCCCCCOc3cccc(OCCCCCCCOc4ccc(-c5ccc(C#N)cc5)cc4)c3)cc2)cc1. The lowest BCUT2D eigenvalue weighted by Gasteiger charge is -2.10. The second-order valence-corrected chi connectivity index (χ2v) is 12.8. The van der Waals surface area contributed by atoms with E-state index < -0.39 is 0 Å². The molecule has 0 spiro atoms. The van der Waals surface area contributed by atoms with Crippen molar-refractivity contribution in [2.24, 2.45) is 0 Å². The highest BCUT2D eigenvalue weighted by molar-refractivity contribution is 5.66. The normalized spacial score (nSPS) is 10.6. The van der Waals surface area contributed by atoms with Crippen LogP contribution in [0.4, 0.5) is 0 Å². The molecule has 5 aromatic carbocycles. The predicted octanol–water partition coefficient (Wildman–Crippen LogP) is 11.6. The number of hydrogen-bond donors (Lipinski definition) is 0. The van der Waals surface area contributed by atoms with E-state index in [-0.39, 0.29) is 0 Å². The highest BCUT2D eigenvalue weighted by Crippen LogP contribution is 2.25. The number of hydrogen-bond acceptors (Lipinski definition) is 6. The summed E-state index contributed by atoms with van der Waals surface area (Å²) in [7, 11) is 0. The van der Waals surface area contributed by atoms with E-state index in [0.717, 1.165) is 109 Å². The fourth-order valence-electron chi connectivity index (χ4n) is 5.84. The lowest BCUT2D eigenvalue weighted by Crippen LogP contribution is -2.00. The van der Waals surface area contributed by atoms with Crippen molar-refractivity contribution in [3.8, 4) is 57.4 Å². The molecule has 0 aliphatic carbocycles. The molecular formula is C46H48N2O4. The van der Waals surface area contributed by atoms with E-state index in [4.69, 9.17) is 29.5 Å². The molecule has 5 aromatic rings. The molecule has 0 aromatic heterocycles. The molecule has 0 radical (unpaired) electrons. The molecule has 0 amide bonds. The van der Waals surface area contributed by atoms with Gasteiger partial charge in [-0.3, -0.25) is 0 Å². The molecule has 0 saturated heterocycles. The maximum Gasteiger partial charge on any atom is 0.122 e. The summed E-state index contributed by atoms with van der Waals surface area (Å²) in [6.45, 7) is 2.85. The Bertz CT molecular complexity index is 1700. The van der Waals surface area contributed by atoms with Gasteiger partial charge >= 0.3 is 0 Å². The molecule has 0 aliphatic heterocycles. The first-order valence-corrected chi connectivity index (χ1v) is 18.5. The zero-order valence-electron chi connectivity index (χ0n) is 30.0. The van der Waals surface area contributed by atoms with Crippen LogP contribution >= 0.6 is 0 Å². The Hall–Kier alpha value is -5.72. The average Bonchev–Trinajstić information content (AvgIpc) is 3.20. The van der Waals surface area contributed by atoms with Crippen molar-refractivity contribution in [1.29, 1.82) is 10.5 Å². The van der Waals surface area contributed by atoms with Crippen LogP contribution < -0.4 is 18.9 Å². The standard InChI is InChI=1S/C46H48N2O4/c47-35-37-14-18-39(19-15-37)41-22-26-43(27-23-41)49-30-7-3-1-5-9-32-51-45-12-11-13-46(34-45)52-33-10-6-2-4-8-31-50-44-28-24-42(25-29-44)40-20-16-38(36-48)17-21-40/h11-29,34H,1-10,30-33H2. The highest BCUT2D eigenvalue weighted by atomic mass is 16.5. The second-order valence-electron chi connectivity index (χ2n) is 12.8. The summed E-state index contributed by atoms with van der Waals surface area (Å²) in [6, 6.07) is 43.8. The molecular weight excluding hydrogens is 645 g/mol. The zero-order valence-corrected chi connectivity index (χ0v) is 30.0. The Labute approximate surface area is 309 Å². The second kappa shape index (κ2) is 21.5. The first-order valence-electron chi connectivity index (χ1n) is 18.5. The summed E-state index contributed by atoms with van der Waals surface area (Å²) in [5.41, 5.74) is 5.75. The number of ether oxygens (including phenoxy) is 4. The van der Waals surface area contributed by atoms with Crippen LogP contribution in [0.25, 0.3) is 22.3 Å². The lowest BCUT2D eigenvalue weighted by molar-refractivity contribution is 0.284. The monoisotopic (exact) mass is 692 g/mol. The molecule has 6 nitrogen and oxygen atoms in total. The van der Waals surface area contributed by atoms with E-state index in [2.05, 4.69) is 36.4 Å². The van der Waals surface area contributed by atoms with Crippen LogP contribution in [0.3, 0.4) is 0 Å². The van der Waals surface area contributed by atoms with Gasteiger partial charge in [0.1, 0.15) is 23.0 Å². The third kappa shape index (κ3) is 12.9. The molecule has 0 bridgehead atoms. The van der Waals surface area contributed by atoms with Gasteiger partial charge in [-0.05, 0) is 109 Å². The number of rotatable bonds is 22. The minimum atomic E-state index is 0.669. The van der Waals surface area contributed by atoms with Crippen molar-refractivity contribution >= 4 is 0 Å². The van der Waals surface area contributed by atoms with E-state index in [1.807, 2.05) is 97.1 Å². The first kappa shape index (κ1) is 37.5. The molecule has 0 saturated carbocycles. The fourth-order valence-corrected chi connectivity index (χ4v) is 5.84. The summed E-state index contributed by atoms with van der Waals surface area (Å²) in [5.74, 6) is 3.49. The van der Waals surface area contributed by atoms with Crippen LogP contribution in [0, 0.1) is 22.7 Å². The van der Waals surface area contributed by atoms with Crippen LogP contribution in [-0.4, -0.2) is 26.4 Å². The Balaban J connectivity index is 0.832. The average molecular weight is 693 g/mol. The van der Waals surface area contributed by atoms with Gasteiger partial charge in [0.2, 0.25) is 0 Å². The van der Waals surface area contributed by atoms with Crippen molar-refractivity contribution < 1.29 is 18.9 Å². The summed E-state index contributed by atoms with van der Waals surface area (Å²) in [6.07, 6.45) is 11.0. The summed E-state index contributed by atoms with van der Waals surface area (Å²) < 4.78 is 23.9. The largest absolute Gasteiger partial charge is 0.494 e. The Morgan fingerprint density at radius 2 is 0.615 bits per heavy atom. The Morgan fingerprint density at radius 1 is 0.327 bits per heavy atom. The van der Waals surface area contributed by atoms with Gasteiger partial charge in [-0.1, -0.05) is 93.1 Å². The molecule has 0 unspecified atom stereocenters. The Morgan fingerprint density at radius 3 is 0.942 bits per heavy atom. The minimum absolute atomic E-state index is 0.669. The van der Waals surface area contributed by atoms with Crippen molar-refractivity contribution in [1.82, 2.24) is 0 Å². The number of nitriles is 2. The summed E-state index contributed by atoms with van der Waals surface area (Å²) in [5, 5.41) is 17.9. The zero-order chi connectivity index (χ0) is 36.1. The van der Waals surface area contributed by atoms with Gasteiger partial charge in [-0.25, -0.2) is 0 Å². The third-order valence-electron chi connectivity index (χ3n) is 8.86. The van der Waals surface area contributed by atoms with E-state index in [1.165, 1.54) is 0 Å². The molecule has 0 fully saturated rings. The lowest BCUT2D eigenvalue weighted by atomic mass is 10.0. The van der Waals surface area contributed by atoms with Crippen LogP contribution in [0.1, 0.15) is 75.3 Å². The quantitative estimate of drug-likeness (QED) is 0.0671. The molecule has 0 atom stereocenters. The minimum Gasteiger partial charge on any atom is -0.494 e. The van der Waals surface area contributed by atoms with E-state index in [1.54, 1.807) is 0 Å². The molecule has 0 aliphatic rings. The van der Waals surface area contributed by atoms with Gasteiger partial charge < -0.3 is 18.9 Å². The van der Waals surface area contributed by atoms with Gasteiger partial charge in [0, 0.05) is 6.07 Å². The molecule has 266 valence electrons. The van der Waals surface area contributed by atoms with Crippen LogP contribution in [0.5, 0.6) is 23.0 Å². The maximum absolute atomic E-state index is 8.97. The summed E-state index contributed by atoms with van der Waals surface area (Å²) >= 11 is 0. The summed E-state index contributed by atoms with van der Waals surface area (Å²) in [4.78, 5) is 0. The van der Waals surface area contributed by atoms with Crippen molar-refractivity contribution in [2.45, 2.75) is 64.2 Å². The van der Waals surface area contributed by atoms with E-state index in [9.17, 15) is 0 Å². The smallest absolute Gasteiger partial charge is 0.122 e. The van der Waals surface area contributed by atoms with Gasteiger partial charge in [-0.2, -0.15) is 10.5 Å². The first-order chi connectivity index (χ1) is 25.7. The van der Waals surface area contributed by atoms with Crippen molar-refractivity contribution in [3.05, 3.63) is 132 Å². The highest BCUT2D eigenvalue weighted by Gasteiger charge is 2.03.